The Balaban J connectivity index is 2.28. The fourth-order valence-electron chi connectivity index (χ4n) is 1.47. The highest BCUT2D eigenvalue weighted by molar-refractivity contribution is 9.10. The van der Waals surface area contributed by atoms with E-state index in [2.05, 4.69) is 25.6 Å². The van der Waals surface area contributed by atoms with Crippen molar-refractivity contribution in [2.24, 2.45) is 5.73 Å². The normalized spacial score (nSPS) is 11.5. The molecule has 0 aliphatic carbocycles. The van der Waals surface area contributed by atoms with Crippen LogP contribution >= 0.6 is 27.5 Å². The Morgan fingerprint density at radius 3 is 2.68 bits per heavy atom. The molecule has 5 nitrogen and oxygen atoms in total. The Morgan fingerprint density at radius 2 is 2.11 bits per heavy atom. The van der Waals surface area contributed by atoms with Gasteiger partial charge in [-0.3, -0.25) is 4.72 Å². The van der Waals surface area contributed by atoms with Gasteiger partial charge in [0.15, 0.2) is 0 Å². The summed E-state index contributed by atoms with van der Waals surface area (Å²) < 4.78 is 27.3. The van der Waals surface area contributed by atoms with E-state index in [1.54, 1.807) is 12.1 Å². The number of hydrogen-bond acceptors (Lipinski definition) is 3. The van der Waals surface area contributed by atoms with E-state index in [0.717, 1.165) is 0 Å². The van der Waals surface area contributed by atoms with Gasteiger partial charge in [0.2, 0.25) is 0 Å². The van der Waals surface area contributed by atoms with Crippen LogP contribution in [0.5, 0.6) is 0 Å². The Kier molecular flexibility index (Phi) is 4.19. The van der Waals surface area contributed by atoms with Crippen LogP contribution in [-0.2, 0) is 16.6 Å². The maximum Gasteiger partial charge on any atom is 0.263 e. The topological polar surface area (TPSA) is 88.0 Å². The lowest BCUT2D eigenvalue weighted by Gasteiger charge is -2.07. The number of rotatable bonds is 4. The Labute approximate surface area is 124 Å². The van der Waals surface area contributed by atoms with Gasteiger partial charge in [-0.25, -0.2) is 8.42 Å². The number of anilines is 1. The van der Waals surface area contributed by atoms with E-state index in [-0.39, 0.29) is 11.4 Å². The molecule has 2 rings (SSSR count). The number of benzene rings is 1. The summed E-state index contributed by atoms with van der Waals surface area (Å²) >= 11 is 9.15. The molecule has 0 spiro atoms. The minimum atomic E-state index is -3.64. The molecular weight excluding hydrogens is 354 g/mol. The standard InChI is InChI=1S/C11H11BrClN3O2S/c12-10-2-1-7(4-11(10)13)16-19(17,18)9-3-8(5-14)15-6-9/h1-4,6,15-16H,5,14H2. The highest BCUT2D eigenvalue weighted by Gasteiger charge is 2.16. The third kappa shape index (κ3) is 3.30. The molecule has 1 heterocycles. The summed E-state index contributed by atoms with van der Waals surface area (Å²) in [6.07, 6.45) is 1.39. The average Bonchev–Trinajstić information content (AvgIpc) is 2.83. The summed E-state index contributed by atoms with van der Waals surface area (Å²) in [6, 6.07) is 6.30. The van der Waals surface area contributed by atoms with Crippen molar-refractivity contribution in [3.63, 3.8) is 0 Å². The molecule has 0 aliphatic heterocycles. The Hall–Kier alpha value is -1.02. The largest absolute Gasteiger partial charge is 0.363 e. The van der Waals surface area contributed by atoms with E-state index < -0.39 is 10.0 Å². The van der Waals surface area contributed by atoms with Crippen LogP contribution in [0, 0.1) is 0 Å². The maximum atomic E-state index is 12.1. The van der Waals surface area contributed by atoms with E-state index in [1.807, 2.05) is 0 Å². The van der Waals surface area contributed by atoms with Crippen LogP contribution in [0.4, 0.5) is 5.69 Å². The maximum absolute atomic E-state index is 12.1. The lowest BCUT2D eigenvalue weighted by atomic mass is 10.3. The number of aromatic nitrogens is 1. The minimum Gasteiger partial charge on any atom is -0.363 e. The lowest BCUT2D eigenvalue weighted by molar-refractivity contribution is 0.601. The van der Waals surface area contributed by atoms with Gasteiger partial charge in [0.1, 0.15) is 4.90 Å². The third-order valence-corrected chi connectivity index (χ3v) is 5.01. The quantitative estimate of drug-likeness (QED) is 0.779. The summed E-state index contributed by atoms with van der Waals surface area (Å²) in [5.41, 5.74) is 6.47. The molecule has 0 unspecified atom stereocenters. The molecule has 0 amide bonds. The first-order chi connectivity index (χ1) is 8.92. The van der Waals surface area contributed by atoms with Crippen molar-refractivity contribution >= 4 is 43.2 Å². The van der Waals surface area contributed by atoms with Gasteiger partial charge in [-0.2, -0.15) is 0 Å². The van der Waals surface area contributed by atoms with E-state index in [4.69, 9.17) is 17.3 Å². The van der Waals surface area contributed by atoms with Gasteiger partial charge in [0.25, 0.3) is 10.0 Å². The Morgan fingerprint density at radius 1 is 1.37 bits per heavy atom. The van der Waals surface area contributed by atoms with Gasteiger partial charge >= 0.3 is 0 Å². The molecule has 2 aromatic rings. The van der Waals surface area contributed by atoms with Crippen LogP contribution in [0.2, 0.25) is 5.02 Å². The molecule has 8 heteroatoms. The van der Waals surface area contributed by atoms with Gasteiger partial charge in [0.05, 0.1) is 10.7 Å². The number of halogens is 2. The Bertz CT molecular complexity index is 700. The van der Waals surface area contributed by atoms with Crippen LogP contribution < -0.4 is 10.5 Å². The molecule has 19 heavy (non-hydrogen) atoms. The fourth-order valence-corrected chi connectivity index (χ4v) is 2.96. The monoisotopic (exact) mass is 363 g/mol. The van der Waals surface area contributed by atoms with Crippen molar-refractivity contribution in [2.75, 3.05) is 4.72 Å². The lowest BCUT2D eigenvalue weighted by Crippen LogP contribution is -2.12. The molecule has 0 atom stereocenters. The summed E-state index contributed by atoms with van der Waals surface area (Å²) in [4.78, 5) is 2.92. The molecule has 0 saturated heterocycles. The molecule has 1 aromatic carbocycles. The van der Waals surface area contributed by atoms with Crippen molar-refractivity contribution in [2.45, 2.75) is 11.4 Å². The van der Waals surface area contributed by atoms with Crippen LogP contribution in [0.15, 0.2) is 39.8 Å². The summed E-state index contributed by atoms with van der Waals surface area (Å²) in [7, 11) is -3.64. The van der Waals surface area contributed by atoms with Crippen LogP contribution in [-0.4, -0.2) is 13.4 Å². The van der Waals surface area contributed by atoms with Crippen molar-refractivity contribution in [3.05, 3.63) is 45.7 Å². The molecule has 0 bridgehead atoms. The van der Waals surface area contributed by atoms with Crippen LogP contribution in [0.1, 0.15) is 5.69 Å². The van der Waals surface area contributed by atoms with Crippen LogP contribution in [0.25, 0.3) is 0 Å². The van der Waals surface area contributed by atoms with Crippen LogP contribution in [0.3, 0.4) is 0 Å². The second kappa shape index (κ2) is 5.54. The first-order valence-corrected chi connectivity index (χ1v) is 7.93. The predicted octanol–water partition coefficient (Wildman–Crippen LogP) is 2.69. The summed E-state index contributed by atoms with van der Waals surface area (Å²) in [5.74, 6) is 0. The predicted molar refractivity (Wildman–Crippen MR) is 78.6 cm³/mol. The molecule has 102 valence electrons. The highest BCUT2D eigenvalue weighted by atomic mass is 79.9. The van der Waals surface area contributed by atoms with E-state index in [9.17, 15) is 8.42 Å². The summed E-state index contributed by atoms with van der Waals surface area (Å²) in [6.45, 7) is 0.250. The molecule has 0 radical (unpaired) electrons. The second-order valence-electron chi connectivity index (χ2n) is 3.80. The minimum absolute atomic E-state index is 0.131. The zero-order valence-electron chi connectivity index (χ0n) is 9.65. The average molecular weight is 365 g/mol. The van der Waals surface area contributed by atoms with Crippen molar-refractivity contribution < 1.29 is 8.42 Å². The summed E-state index contributed by atoms with van der Waals surface area (Å²) in [5, 5.41) is 0.428. The van der Waals surface area contributed by atoms with Gasteiger partial charge in [-0.15, -0.1) is 0 Å². The molecule has 0 saturated carbocycles. The zero-order chi connectivity index (χ0) is 14.0. The number of nitrogens with two attached hydrogens (primary N) is 1. The fraction of sp³-hybridized carbons (Fsp3) is 0.0909. The van der Waals surface area contributed by atoms with Gasteiger partial charge in [-0.1, -0.05) is 11.6 Å². The number of H-pyrrole nitrogens is 1. The van der Waals surface area contributed by atoms with E-state index in [0.29, 0.717) is 20.9 Å². The second-order valence-corrected chi connectivity index (χ2v) is 6.74. The molecule has 1 aromatic heterocycles. The first kappa shape index (κ1) is 14.4. The van der Waals surface area contributed by atoms with Gasteiger partial charge in [-0.05, 0) is 40.2 Å². The SMILES string of the molecule is NCc1cc(S(=O)(=O)Nc2ccc(Br)c(Cl)c2)c[nH]1. The van der Waals surface area contributed by atoms with Gasteiger partial charge in [0, 0.05) is 22.9 Å². The molecule has 0 fully saturated rings. The third-order valence-electron chi connectivity index (χ3n) is 2.42. The number of aromatic amines is 1. The van der Waals surface area contributed by atoms with Crippen molar-refractivity contribution in [1.29, 1.82) is 0 Å². The zero-order valence-corrected chi connectivity index (χ0v) is 12.8. The van der Waals surface area contributed by atoms with Crippen molar-refractivity contribution in [3.8, 4) is 0 Å². The molecule has 4 N–H and O–H groups in total. The smallest absolute Gasteiger partial charge is 0.263 e. The first-order valence-electron chi connectivity index (χ1n) is 5.27. The van der Waals surface area contributed by atoms with E-state index in [1.165, 1.54) is 18.3 Å². The van der Waals surface area contributed by atoms with E-state index >= 15 is 0 Å². The number of sulfonamides is 1. The molecule has 0 aliphatic rings. The highest BCUT2D eigenvalue weighted by Crippen LogP contribution is 2.26. The number of hydrogen-bond donors (Lipinski definition) is 3. The molecular formula is C11H11BrClN3O2S. The van der Waals surface area contributed by atoms with Crippen molar-refractivity contribution in [1.82, 2.24) is 4.98 Å². The number of nitrogens with one attached hydrogen (secondary N) is 2. The van der Waals surface area contributed by atoms with Gasteiger partial charge < -0.3 is 10.7 Å².